The summed E-state index contributed by atoms with van der Waals surface area (Å²) < 4.78 is 19.2. The molecular formula is C14H18FN5O. The Morgan fingerprint density at radius 2 is 2.19 bits per heavy atom. The topological polar surface area (TPSA) is 63.2 Å². The van der Waals surface area contributed by atoms with Gasteiger partial charge >= 0.3 is 0 Å². The summed E-state index contributed by atoms with van der Waals surface area (Å²) in [6, 6.07) is 3.64. The Labute approximate surface area is 123 Å². The molecule has 2 aromatic heterocycles. The Bertz CT molecular complexity index is 579. The van der Waals surface area contributed by atoms with E-state index in [4.69, 9.17) is 4.74 Å². The fraction of sp³-hybridized carbons (Fsp3) is 0.357. The van der Waals surface area contributed by atoms with Crippen LogP contribution in [0.2, 0.25) is 0 Å². The number of hydrogen-bond acceptors (Lipinski definition) is 6. The molecule has 0 saturated carbocycles. The van der Waals surface area contributed by atoms with Crippen LogP contribution in [0, 0.1) is 5.82 Å². The molecule has 0 aliphatic rings. The SMILES string of the molecule is CC(CNc1ncc(F)c(N(C)C)n1)Oc1cccnc1. The molecule has 0 bridgehead atoms. The average Bonchev–Trinajstić information content (AvgIpc) is 2.47. The molecule has 1 N–H and O–H groups in total. The van der Waals surface area contributed by atoms with E-state index in [0.717, 1.165) is 6.20 Å². The number of pyridine rings is 1. The lowest BCUT2D eigenvalue weighted by atomic mass is 10.4. The zero-order chi connectivity index (χ0) is 15.2. The fourth-order valence-electron chi connectivity index (χ4n) is 1.68. The van der Waals surface area contributed by atoms with Gasteiger partial charge in [0.05, 0.1) is 18.9 Å². The van der Waals surface area contributed by atoms with E-state index in [0.29, 0.717) is 18.2 Å². The number of nitrogens with one attached hydrogen (secondary N) is 1. The van der Waals surface area contributed by atoms with Crippen molar-refractivity contribution in [2.24, 2.45) is 0 Å². The largest absolute Gasteiger partial charge is 0.487 e. The van der Waals surface area contributed by atoms with Crippen LogP contribution in [0.4, 0.5) is 16.2 Å². The summed E-state index contributed by atoms with van der Waals surface area (Å²) in [6.45, 7) is 2.41. The lowest BCUT2D eigenvalue weighted by Crippen LogP contribution is -2.24. The Hall–Kier alpha value is -2.44. The first-order valence-electron chi connectivity index (χ1n) is 6.56. The number of halogens is 1. The first kappa shape index (κ1) is 15.0. The van der Waals surface area contributed by atoms with E-state index in [1.165, 1.54) is 0 Å². The minimum Gasteiger partial charge on any atom is -0.487 e. The maximum Gasteiger partial charge on any atom is 0.224 e. The molecule has 0 amide bonds. The molecule has 0 aromatic carbocycles. The second kappa shape index (κ2) is 6.83. The molecule has 21 heavy (non-hydrogen) atoms. The van der Waals surface area contributed by atoms with Gasteiger partial charge in [-0.25, -0.2) is 9.37 Å². The number of aromatic nitrogens is 3. The minimum atomic E-state index is -0.454. The van der Waals surface area contributed by atoms with Crippen molar-refractivity contribution in [1.29, 1.82) is 0 Å². The number of nitrogens with zero attached hydrogens (tertiary/aromatic N) is 4. The van der Waals surface area contributed by atoms with Crippen molar-refractivity contribution in [2.75, 3.05) is 30.9 Å². The average molecular weight is 291 g/mol. The van der Waals surface area contributed by atoms with E-state index in [1.807, 2.05) is 19.1 Å². The minimum absolute atomic E-state index is 0.106. The molecule has 7 heteroatoms. The summed E-state index contributed by atoms with van der Waals surface area (Å²) >= 11 is 0. The third-order valence-corrected chi connectivity index (χ3v) is 2.67. The van der Waals surface area contributed by atoms with Crippen LogP contribution in [0.3, 0.4) is 0 Å². The van der Waals surface area contributed by atoms with Gasteiger partial charge < -0.3 is 15.0 Å². The lowest BCUT2D eigenvalue weighted by Gasteiger charge is -2.16. The van der Waals surface area contributed by atoms with Crippen molar-refractivity contribution < 1.29 is 9.13 Å². The van der Waals surface area contributed by atoms with E-state index in [9.17, 15) is 4.39 Å². The Morgan fingerprint density at radius 3 is 2.86 bits per heavy atom. The maximum atomic E-state index is 13.5. The van der Waals surface area contributed by atoms with Gasteiger partial charge in [0.2, 0.25) is 5.95 Å². The standard InChI is InChI=1S/C14H18FN5O/c1-10(21-11-5-4-6-16-8-11)7-17-14-18-9-12(15)13(19-14)20(2)3/h4-6,8-10H,7H2,1-3H3,(H,17,18,19). The van der Waals surface area contributed by atoms with Crippen molar-refractivity contribution in [2.45, 2.75) is 13.0 Å². The first-order valence-corrected chi connectivity index (χ1v) is 6.56. The smallest absolute Gasteiger partial charge is 0.224 e. The second-order valence-corrected chi connectivity index (χ2v) is 4.76. The Balaban J connectivity index is 1.92. The highest BCUT2D eigenvalue weighted by atomic mass is 19.1. The van der Waals surface area contributed by atoms with Crippen LogP contribution < -0.4 is 15.0 Å². The summed E-state index contributed by atoms with van der Waals surface area (Å²) in [6.07, 6.45) is 4.38. The van der Waals surface area contributed by atoms with Gasteiger partial charge in [0, 0.05) is 20.3 Å². The highest BCUT2D eigenvalue weighted by Gasteiger charge is 2.10. The van der Waals surface area contributed by atoms with Crippen LogP contribution in [0.15, 0.2) is 30.7 Å². The van der Waals surface area contributed by atoms with E-state index in [2.05, 4.69) is 20.3 Å². The highest BCUT2D eigenvalue weighted by Crippen LogP contribution is 2.15. The van der Waals surface area contributed by atoms with Crippen LogP contribution in [0.25, 0.3) is 0 Å². The quantitative estimate of drug-likeness (QED) is 0.877. The van der Waals surface area contributed by atoms with Crippen molar-refractivity contribution in [1.82, 2.24) is 15.0 Å². The van der Waals surface area contributed by atoms with Crippen LogP contribution in [0.5, 0.6) is 5.75 Å². The third-order valence-electron chi connectivity index (χ3n) is 2.67. The fourth-order valence-corrected chi connectivity index (χ4v) is 1.68. The van der Waals surface area contributed by atoms with E-state index in [-0.39, 0.29) is 11.9 Å². The first-order chi connectivity index (χ1) is 10.1. The van der Waals surface area contributed by atoms with Gasteiger partial charge in [-0.2, -0.15) is 4.98 Å². The lowest BCUT2D eigenvalue weighted by molar-refractivity contribution is 0.233. The summed E-state index contributed by atoms with van der Waals surface area (Å²) in [5, 5.41) is 3.03. The van der Waals surface area contributed by atoms with Gasteiger partial charge in [-0.05, 0) is 19.1 Å². The Kier molecular flexibility index (Phi) is 4.86. The molecule has 0 spiro atoms. The molecule has 2 heterocycles. The van der Waals surface area contributed by atoms with Crippen molar-refractivity contribution in [3.05, 3.63) is 36.5 Å². The van der Waals surface area contributed by atoms with Crippen LogP contribution in [-0.4, -0.2) is 41.7 Å². The monoisotopic (exact) mass is 291 g/mol. The molecule has 0 aliphatic carbocycles. The summed E-state index contributed by atoms with van der Waals surface area (Å²) in [7, 11) is 3.45. The summed E-state index contributed by atoms with van der Waals surface area (Å²) in [5.74, 6) is 0.848. The van der Waals surface area contributed by atoms with Gasteiger partial charge in [0.15, 0.2) is 11.6 Å². The summed E-state index contributed by atoms with van der Waals surface area (Å²) in [4.78, 5) is 13.6. The Morgan fingerprint density at radius 1 is 1.38 bits per heavy atom. The molecule has 1 unspecified atom stereocenters. The van der Waals surface area contributed by atoms with E-state index >= 15 is 0 Å². The van der Waals surface area contributed by atoms with E-state index in [1.54, 1.807) is 31.4 Å². The molecule has 112 valence electrons. The van der Waals surface area contributed by atoms with Gasteiger partial charge in [-0.3, -0.25) is 4.98 Å². The van der Waals surface area contributed by atoms with Gasteiger partial charge in [0.25, 0.3) is 0 Å². The molecule has 0 aliphatic heterocycles. The van der Waals surface area contributed by atoms with Crippen LogP contribution in [-0.2, 0) is 0 Å². The molecular weight excluding hydrogens is 273 g/mol. The van der Waals surface area contributed by atoms with Crippen molar-refractivity contribution in [3.8, 4) is 5.75 Å². The molecule has 0 saturated heterocycles. The van der Waals surface area contributed by atoms with Crippen LogP contribution in [0.1, 0.15) is 6.92 Å². The summed E-state index contributed by atoms with van der Waals surface area (Å²) in [5.41, 5.74) is 0. The van der Waals surface area contributed by atoms with Crippen molar-refractivity contribution in [3.63, 3.8) is 0 Å². The van der Waals surface area contributed by atoms with Crippen molar-refractivity contribution >= 4 is 11.8 Å². The normalized spacial score (nSPS) is 11.8. The molecule has 6 nitrogen and oxygen atoms in total. The predicted molar refractivity (Wildman–Crippen MR) is 79.1 cm³/mol. The van der Waals surface area contributed by atoms with Gasteiger partial charge in [-0.1, -0.05) is 0 Å². The second-order valence-electron chi connectivity index (χ2n) is 4.76. The molecule has 0 radical (unpaired) electrons. The molecule has 2 rings (SSSR count). The number of rotatable bonds is 6. The molecule has 0 fully saturated rings. The molecule has 2 aromatic rings. The predicted octanol–water partition coefficient (Wildman–Crippen LogP) is 1.96. The zero-order valence-electron chi connectivity index (χ0n) is 12.2. The zero-order valence-corrected chi connectivity index (χ0v) is 12.2. The molecule has 1 atom stereocenters. The number of anilines is 2. The van der Waals surface area contributed by atoms with Gasteiger partial charge in [-0.15, -0.1) is 0 Å². The number of hydrogen-bond donors (Lipinski definition) is 1. The number of ether oxygens (including phenoxy) is 1. The van der Waals surface area contributed by atoms with Gasteiger partial charge in [0.1, 0.15) is 11.9 Å². The third kappa shape index (κ3) is 4.27. The highest BCUT2D eigenvalue weighted by molar-refractivity contribution is 5.42. The van der Waals surface area contributed by atoms with Crippen LogP contribution >= 0.6 is 0 Å². The maximum absolute atomic E-state index is 13.5. The van der Waals surface area contributed by atoms with E-state index < -0.39 is 5.82 Å².